The number of carboxylic acids is 1. The van der Waals surface area contributed by atoms with Gasteiger partial charge in [-0.05, 0) is 37.1 Å². The fourth-order valence-corrected chi connectivity index (χ4v) is 2.90. The molecule has 1 aliphatic rings. The summed E-state index contributed by atoms with van der Waals surface area (Å²) in [5.74, 6) is -1.55. The summed E-state index contributed by atoms with van der Waals surface area (Å²) in [4.78, 5) is 13.7. The molecule has 23 heavy (non-hydrogen) atoms. The van der Waals surface area contributed by atoms with Gasteiger partial charge in [0.1, 0.15) is 12.2 Å². The molecule has 0 saturated carbocycles. The zero-order valence-electron chi connectivity index (χ0n) is 12.7. The Balaban J connectivity index is 2.21. The first-order valence-corrected chi connectivity index (χ1v) is 7.12. The molecule has 0 spiro atoms. The second kappa shape index (κ2) is 5.39. The molecule has 1 atom stereocenters. The number of nitrogens with one attached hydrogen (secondary N) is 1. The molecule has 1 unspecified atom stereocenters. The van der Waals surface area contributed by atoms with E-state index in [1.807, 2.05) is 32.0 Å². The van der Waals surface area contributed by atoms with E-state index in [0.717, 1.165) is 16.8 Å². The van der Waals surface area contributed by atoms with Crippen molar-refractivity contribution in [1.29, 1.82) is 0 Å². The number of aryl methyl sites for hydroxylation is 2. The van der Waals surface area contributed by atoms with E-state index in [9.17, 15) is 14.3 Å². The van der Waals surface area contributed by atoms with Gasteiger partial charge in [-0.2, -0.15) is 5.10 Å². The summed E-state index contributed by atoms with van der Waals surface area (Å²) < 4.78 is 13.2. The fourth-order valence-electron chi connectivity index (χ4n) is 2.90. The van der Waals surface area contributed by atoms with E-state index in [1.54, 1.807) is 4.90 Å². The van der Waals surface area contributed by atoms with E-state index in [0.29, 0.717) is 5.56 Å². The van der Waals surface area contributed by atoms with Crippen LogP contribution in [0.15, 0.2) is 47.6 Å². The number of halogens is 1. The summed E-state index contributed by atoms with van der Waals surface area (Å²) in [6, 6.07) is 11.1. The quantitative estimate of drug-likeness (QED) is 0.914. The van der Waals surface area contributed by atoms with Crippen LogP contribution in [0.5, 0.6) is 0 Å². The van der Waals surface area contributed by atoms with Gasteiger partial charge < -0.3 is 5.11 Å². The smallest absolute Gasteiger partial charge is 0.357 e. The molecule has 2 aromatic rings. The summed E-state index contributed by atoms with van der Waals surface area (Å²) >= 11 is 0. The predicted octanol–water partition coefficient (Wildman–Crippen LogP) is 2.73. The van der Waals surface area contributed by atoms with Crippen molar-refractivity contribution in [1.82, 2.24) is 5.43 Å². The maximum Gasteiger partial charge on any atom is 0.357 e. The summed E-state index contributed by atoms with van der Waals surface area (Å²) in [7, 11) is 0. The second-order valence-corrected chi connectivity index (χ2v) is 5.49. The maximum atomic E-state index is 13.2. The summed E-state index contributed by atoms with van der Waals surface area (Å²) in [5, 5.41) is 13.9. The third kappa shape index (κ3) is 2.23. The van der Waals surface area contributed by atoms with Gasteiger partial charge >= 0.3 is 5.97 Å². The minimum absolute atomic E-state index is 0.395. The summed E-state index contributed by atoms with van der Waals surface area (Å²) in [6.07, 6.45) is 1.45. The molecular formula is C17H16FN3O2. The second-order valence-electron chi connectivity index (χ2n) is 5.49. The third-order valence-corrected chi connectivity index (χ3v) is 4.01. The molecule has 0 radical (unpaired) electrons. The first-order chi connectivity index (χ1) is 11.0. The standard InChI is InChI=1S/C17H16FN3O2/c1-11-4-3-5-12(2)15(11)21-10-19-20-17(21,16(22)23)13-6-8-14(18)9-7-13/h3-10,20H,1-2H3,(H,22,23). The van der Waals surface area contributed by atoms with Gasteiger partial charge in [-0.3, -0.25) is 10.3 Å². The molecule has 0 amide bonds. The zero-order valence-corrected chi connectivity index (χ0v) is 12.7. The lowest BCUT2D eigenvalue weighted by Gasteiger charge is -2.36. The number of hydrogen-bond acceptors (Lipinski definition) is 4. The Labute approximate surface area is 133 Å². The van der Waals surface area contributed by atoms with Crippen LogP contribution >= 0.6 is 0 Å². The maximum absolute atomic E-state index is 13.2. The first-order valence-electron chi connectivity index (χ1n) is 7.12. The number of hydrazone groups is 1. The zero-order chi connectivity index (χ0) is 16.6. The number of rotatable bonds is 3. The van der Waals surface area contributed by atoms with Crippen LogP contribution in [0, 0.1) is 19.7 Å². The number of anilines is 1. The average Bonchev–Trinajstić information content (AvgIpc) is 2.93. The van der Waals surface area contributed by atoms with Crippen LogP contribution in [-0.2, 0) is 10.5 Å². The molecule has 118 valence electrons. The molecule has 3 rings (SSSR count). The van der Waals surface area contributed by atoms with Crippen molar-refractivity contribution in [3.63, 3.8) is 0 Å². The molecule has 0 fully saturated rings. The SMILES string of the molecule is Cc1cccc(C)c1N1C=NNC1(C(=O)O)c1ccc(F)cc1. The van der Waals surface area contributed by atoms with E-state index in [2.05, 4.69) is 10.5 Å². The van der Waals surface area contributed by atoms with Gasteiger partial charge in [-0.1, -0.05) is 30.3 Å². The molecular weight excluding hydrogens is 297 g/mol. The first kappa shape index (κ1) is 15.0. The van der Waals surface area contributed by atoms with Crippen LogP contribution < -0.4 is 10.3 Å². The number of carbonyl (C=O) groups is 1. The summed E-state index contributed by atoms with van der Waals surface area (Å²) in [6.45, 7) is 3.82. The number of para-hydroxylation sites is 1. The largest absolute Gasteiger partial charge is 0.478 e. The van der Waals surface area contributed by atoms with Crippen molar-refractivity contribution >= 4 is 18.0 Å². The summed E-state index contributed by atoms with van der Waals surface area (Å²) in [5.41, 5.74) is 4.08. The van der Waals surface area contributed by atoms with Gasteiger partial charge in [0.2, 0.25) is 0 Å². The minimum Gasteiger partial charge on any atom is -0.478 e. The Morgan fingerprint density at radius 2 is 1.78 bits per heavy atom. The lowest BCUT2D eigenvalue weighted by molar-refractivity contribution is -0.144. The fraction of sp³-hybridized carbons (Fsp3) is 0.176. The van der Waals surface area contributed by atoms with E-state index < -0.39 is 17.4 Å². The van der Waals surface area contributed by atoms with Crippen LogP contribution in [-0.4, -0.2) is 17.4 Å². The molecule has 2 aromatic carbocycles. The van der Waals surface area contributed by atoms with Gasteiger partial charge in [-0.25, -0.2) is 9.18 Å². The predicted molar refractivity (Wildman–Crippen MR) is 85.7 cm³/mol. The molecule has 0 aliphatic carbocycles. The van der Waals surface area contributed by atoms with Crippen molar-refractivity contribution in [2.45, 2.75) is 19.5 Å². The van der Waals surface area contributed by atoms with Crippen LogP contribution in [0.25, 0.3) is 0 Å². The molecule has 0 bridgehead atoms. The number of benzene rings is 2. The Kier molecular flexibility index (Phi) is 3.52. The van der Waals surface area contributed by atoms with E-state index in [-0.39, 0.29) is 0 Å². The Morgan fingerprint density at radius 3 is 2.35 bits per heavy atom. The van der Waals surface area contributed by atoms with Crippen molar-refractivity contribution in [3.05, 3.63) is 65.0 Å². The Morgan fingerprint density at radius 1 is 1.17 bits per heavy atom. The highest BCUT2D eigenvalue weighted by Gasteiger charge is 2.49. The van der Waals surface area contributed by atoms with Crippen molar-refractivity contribution in [2.75, 3.05) is 4.90 Å². The van der Waals surface area contributed by atoms with Crippen LogP contribution in [0.3, 0.4) is 0 Å². The van der Waals surface area contributed by atoms with Crippen molar-refractivity contribution < 1.29 is 14.3 Å². The monoisotopic (exact) mass is 313 g/mol. The van der Waals surface area contributed by atoms with Gasteiger partial charge in [0.25, 0.3) is 5.66 Å². The van der Waals surface area contributed by atoms with Crippen molar-refractivity contribution in [2.24, 2.45) is 5.10 Å². The molecule has 2 N–H and O–H groups in total. The van der Waals surface area contributed by atoms with Crippen LogP contribution in [0.4, 0.5) is 10.1 Å². The topological polar surface area (TPSA) is 64.9 Å². The van der Waals surface area contributed by atoms with E-state index in [1.165, 1.54) is 30.6 Å². The number of carboxylic acid groups (broad SMARTS) is 1. The molecule has 1 heterocycles. The van der Waals surface area contributed by atoms with Gasteiger partial charge in [0, 0.05) is 5.56 Å². The van der Waals surface area contributed by atoms with Crippen LogP contribution in [0.2, 0.25) is 0 Å². The number of aliphatic carboxylic acids is 1. The average molecular weight is 313 g/mol. The highest BCUT2D eigenvalue weighted by atomic mass is 19.1. The van der Waals surface area contributed by atoms with E-state index in [4.69, 9.17) is 0 Å². The van der Waals surface area contributed by atoms with Gasteiger partial charge in [0.05, 0.1) is 5.69 Å². The van der Waals surface area contributed by atoms with Gasteiger partial charge in [0.15, 0.2) is 0 Å². The minimum atomic E-state index is -1.61. The van der Waals surface area contributed by atoms with Crippen molar-refractivity contribution in [3.8, 4) is 0 Å². The lowest BCUT2D eigenvalue weighted by Crippen LogP contribution is -2.56. The van der Waals surface area contributed by atoms with Crippen LogP contribution in [0.1, 0.15) is 16.7 Å². The number of nitrogens with zero attached hydrogens (tertiary/aromatic N) is 2. The highest BCUT2D eigenvalue weighted by molar-refractivity contribution is 5.97. The molecule has 1 aliphatic heterocycles. The highest BCUT2D eigenvalue weighted by Crippen LogP contribution is 2.36. The number of hydrogen-bond donors (Lipinski definition) is 2. The molecule has 0 saturated heterocycles. The van der Waals surface area contributed by atoms with Gasteiger partial charge in [-0.15, -0.1) is 0 Å². The molecule has 5 nitrogen and oxygen atoms in total. The molecule has 0 aromatic heterocycles. The lowest BCUT2D eigenvalue weighted by atomic mass is 9.96. The Bertz CT molecular complexity index is 769. The normalized spacial score (nSPS) is 19.7. The third-order valence-electron chi connectivity index (χ3n) is 4.01. The van der Waals surface area contributed by atoms with E-state index >= 15 is 0 Å². The Hall–Kier alpha value is -2.89. The molecule has 6 heteroatoms.